The van der Waals surface area contributed by atoms with Crippen LogP contribution in [0, 0.1) is 0 Å². The van der Waals surface area contributed by atoms with Crippen molar-refractivity contribution in [2.75, 3.05) is 40.9 Å². The first kappa shape index (κ1) is 50.5. The predicted molar refractivity (Wildman–Crippen MR) is 215 cm³/mol. The molecule has 0 aliphatic carbocycles. The molecule has 2 N–H and O–H groups in total. The van der Waals surface area contributed by atoms with Gasteiger partial charge in [-0.05, 0) is 12.8 Å². The van der Waals surface area contributed by atoms with Gasteiger partial charge in [0.05, 0.1) is 39.9 Å². The number of unbranched alkanes of at least 4 members (excludes halogenated alkanes) is 27. The molecule has 0 saturated carbocycles. The zero-order chi connectivity index (χ0) is 37.9. The van der Waals surface area contributed by atoms with Crippen LogP contribution in [-0.4, -0.2) is 68.5 Å². The van der Waals surface area contributed by atoms with E-state index in [4.69, 9.17) is 9.05 Å². The van der Waals surface area contributed by atoms with Crippen molar-refractivity contribution in [1.82, 2.24) is 5.32 Å². The molecule has 0 aromatic carbocycles. The van der Waals surface area contributed by atoms with Gasteiger partial charge in [-0.15, -0.1) is 0 Å². The lowest BCUT2D eigenvalue weighted by atomic mass is 10.0. The van der Waals surface area contributed by atoms with E-state index in [2.05, 4.69) is 19.2 Å². The SMILES string of the molecule is CCCCCCCCCCCCCCCCCCCCCC(=O)N[C@@H](COP(=O)([O-])OCC[N+](C)(C)C)[C@H](O)CCCCCCCCCCCC. The lowest BCUT2D eigenvalue weighted by Crippen LogP contribution is -2.46. The fraction of sp³-hybridized carbons (Fsp3) is 0.976. The minimum absolute atomic E-state index is 0.0157. The molecule has 306 valence electrons. The van der Waals surface area contributed by atoms with Gasteiger partial charge in [-0.2, -0.15) is 0 Å². The summed E-state index contributed by atoms with van der Waals surface area (Å²) in [5, 5.41) is 13.8. The number of hydrogen-bond donors (Lipinski definition) is 2. The molecule has 0 fully saturated rings. The van der Waals surface area contributed by atoms with Crippen LogP contribution in [0.5, 0.6) is 0 Å². The number of rotatable bonds is 40. The molecule has 0 heterocycles. The number of hydrogen-bond acceptors (Lipinski definition) is 6. The van der Waals surface area contributed by atoms with Crippen LogP contribution in [0.2, 0.25) is 0 Å². The molecule has 51 heavy (non-hydrogen) atoms. The maximum atomic E-state index is 12.8. The molecule has 0 saturated heterocycles. The number of quaternary nitrogens is 1. The van der Waals surface area contributed by atoms with Crippen molar-refractivity contribution in [3.8, 4) is 0 Å². The maximum Gasteiger partial charge on any atom is 0.268 e. The summed E-state index contributed by atoms with van der Waals surface area (Å²) in [6, 6.07) is -0.791. The second-order valence-corrected chi connectivity index (χ2v) is 17.8. The van der Waals surface area contributed by atoms with E-state index in [-0.39, 0.29) is 19.1 Å². The van der Waals surface area contributed by atoms with E-state index < -0.39 is 20.0 Å². The first-order valence-corrected chi connectivity index (χ1v) is 23.3. The van der Waals surface area contributed by atoms with E-state index in [1.807, 2.05) is 21.1 Å². The average molecular weight is 747 g/mol. The van der Waals surface area contributed by atoms with E-state index in [0.717, 1.165) is 38.5 Å². The number of likely N-dealkylation sites (N-methyl/N-ethyl adjacent to an activating group) is 1. The van der Waals surface area contributed by atoms with Crippen molar-refractivity contribution in [2.45, 2.75) is 225 Å². The number of aliphatic hydroxyl groups is 1. The van der Waals surface area contributed by atoms with Gasteiger partial charge in [0.25, 0.3) is 7.82 Å². The fourth-order valence-electron chi connectivity index (χ4n) is 6.57. The van der Waals surface area contributed by atoms with E-state index in [0.29, 0.717) is 23.9 Å². The highest BCUT2D eigenvalue weighted by atomic mass is 31.2. The van der Waals surface area contributed by atoms with E-state index in [1.54, 1.807) is 0 Å². The summed E-state index contributed by atoms with van der Waals surface area (Å²) >= 11 is 0. The number of amides is 1. The highest BCUT2D eigenvalue weighted by Crippen LogP contribution is 2.38. The first-order chi connectivity index (χ1) is 24.5. The average Bonchev–Trinajstić information content (AvgIpc) is 3.07. The third-order valence-electron chi connectivity index (χ3n) is 10.1. The van der Waals surface area contributed by atoms with Crippen LogP contribution in [0.1, 0.15) is 213 Å². The van der Waals surface area contributed by atoms with Gasteiger partial charge in [0, 0.05) is 6.42 Å². The van der Waals surface area contributed by atoms with E-state index in [9.17, 15) is 19.4 Å². The number of nitrogens with one attached hydrogen (secondary N) is 1. The molecule has 0 aromatic heterocycles. The Hall–Kier alpha value is -0.500. The quantitative estimate of drug-likeness (QED) is 0.0367. The molecule has 0 spiro atoms. The fourth-order valence-corrected chi connectivity index (χ4v) is 7.29. The van der Waals surface area contributed by atoms with Crippen molar-refractivity contribution in [1.29, 1.82) is 0 Å². The lowest BCUT2D eigenvalue weighted by molar-refractivity contribution is -0.870. The lowest BCUT2D eigenvalue weighted by Gasteiger charge is -2.30. The zero-order valence-corrected chi connectivity index (χ0v) is 35.5. The van der Waals surface area contributed by atoms with Gasteiger partial charge in [-0.3, -0.25) is 9.36 Å². The molecule has 0 aromatic rings. The third-order valence-corrected chi connectivity index (χ3v) is 11.1. The minimum Gasteiger partial charge on any atom is -0.756 e. The Kier molecular flexibility index (Phi) is 34.9. The summed E-state index contributed by atoms with van der Waals surface area (Å²) in [5.41, 5.74) is 0. The number of carbonyl (C=O) groups is 1. The normalized spacial score (nSPS) is 14.4. The number of nitrogens with zero attached hydrogens (tertiary/aromatic N) is 1. The molecule has 0 bridgehead atoms. The molecule has 8 nitrogen and oxygen atoms in total. The Bertz CT molecular complexity index is 809. The molecule has 0 radical (unpaired) electrons. The third kappa shape index (κ3) is 37.6. The Balaban J connectivity index is 4.24. The number of carbonyl (C=O) groups excluding carboxylic acids is 1. The second-order valence-electron chi connectivity index (χ2n) is 16.4. The van der Waals surface area contributed by atoms with Gasteiger partial charge in [0.15, 0.2) is 0 Å². The van der Waals surface area contributed by atoms with Crippen molar-refractivity contribution in [3.05, 3.63) is 0 Å². The summed E-state index contributed by atoms with van der Waals surface area (Å²) in [4.78, 5) is 25.2. The van der Waals surface area contributed by atoms with Crippen molar-refractivity contribution < 1.29 is 32.9 Å². The van der Waals surface area contributed by atoms with Crippen LogP contribution in [0.3, 0.4) is 0 Å². The van der Waals surface area contributed by atoms with Crippen molar-refractivity contribution in [2.24, 2.45) is 0 Å². The molecule has 3 atom stereocenters. The standard InChI is InChI=1S/C42H87N2O6P/c1-6-8-10-12-14-16-18-19-20-21-22-23-24-25-26-28-30-32-34-36-42(46)43-40(39-50-51(47,48)49-38-37-44(3,4)5)41(45)35-33-31-29-27-17-15-13-11-9-7-2/h40-41,45H,6-39H2,1-5H3,(H-,43,46,47,48)/t40-,41+/m0/s1. The van der Waals surface area contributed by atoms with Crippen LogP contribution >= 0.6 is 7.82 Å². The summed E-state index contributed by atoms with van der Waals surface area (Å²) in [6.07, 6.45) is 36.8. The number of phosphoric acid groups is 1. The Morgan fingerprint density at radius 2 is 0.961 bits per heavy atom. The number of phosphoric ester groups is 1. The van der Waals surface area contributed by atoms with E-state index >= 15 is 0 Å². The highest BCUT2D eigenvalue weighted by molar-refractivity contribution is 7.45. The Labute approximate surface area is 317 Å². The first-order valence-electron chi connectivity index (χ1n) is 21.9. The predicted octanol–water partition coefficient (Wildman–Crippen LogP) is 11.2. The van der Waals surface area contributed by atoms with E-state index in [1.165, 1.54) is 148 Å². The summed E-state index contributed by atoms with van der Waals surface area (Å²) in [6.45, 7) is 4.72. The molecule has 9 heteroatoms. The van der Waals surface area contributed by atoms with Crippen LogP contribution in [0.25, 0.3) is 0 Å². The summed E-state index contributed by atoms with van der Waals surface area (Å²) in [7, 11) is 1.31. The Morgan fingerprint density at radius 3 is 1.33 bits per heavy atom. The van der Waals surface area contributed by atoms with Gasteiger partial charge < -0.3 is 28.8 Å². The molecular formula is C42H87N2O6P. The largest absolute Gasteiger partial charge is 0.756 e. The highest BCUT2D eigenvalue weighted by Gasteiger charge is 2.24. The number of aliphatic hydroxyl groups excluding tert-OH is 1. The van der Waals surface area contributed by atoms with Crippen LogP contribution < -0.4 is 10.2 Å². The van der Waals surface area contributed by atoms with Gasteiger partial charge in [0.2, 0.25) is 5.91 Å². The maximum absolute atomic E-state index is 12.8. The van der Waals surface area contributed by atoms with Crippen LogP contribution in [-0.2, 0) is 18.4 Å². The van der Waals surface area contributed by atoms with Gasteiger partial charge in [-0.25, -0.2) is 0 Å². The van der Waals surface area contributed by atoms with Crippen molar-refractivity contribution in [3.63, 3.8) is 0 Å². The zero-order valence-electron chi connectivity index (χ0n) is 34.6. The van der Waals surface area contributed by atoms with Gasteiger partial charge in [-0.1, -0.05) is 194 Å². The molecule has 0 aliphatic rings. The molecule has 0 rings (SSSR count). The smallest absolute Gasteiger partial charge is 0.268 e. The summed E-state index contributed by atoms with van der Waals surface area (Å²) in [5.74, 6) is -0.163. The van der Waals surface area contributed by atoms with Gasteiger partial charge >= 0.3 is 0 Å². The Morgan fingerprint density at radius 1 is 0.608 bits per heavy atom. The molecular weight excluding hydrogens is 659 g/mol. The topological polar surface area (TPSA) is 108 Å². The summed E-state index contributed by atoms with van der Waals surface area (Å²) < 4.78 is 23.2. The van der Waals surface area contributed by atoms with Gasteiger partial charge in [0.1, 0.15) is 13.2 Å². The van der Waals surface area contributed by atoms with Crippen LogP contribution in [0.15, 0.2) is 0 Å². The van der Waals surface area contributed by atoms with Crippen molar-refractivity contribution >= 4 is 13.7 Å². The molecule has 1 amide bonds. The van der Waals surface area contributed by atoms with Crippen LogP contribution in [0.4, 0.5) is 0 Å². The molecule has 1 unspecified atom stereocenters. The second kappa shape index (κ2) is 35.2. The molecule has 0 aliphatic heterocycles. The minimum atomic E-state index is -4.55. The monoisotopic (exact) mass is 747 g/mol.